The van der Waals surface area contributed by atoms with Crippen molar-refractivity contribution in [3.63, 3.8) is 0 Å². The van der Waals surface area contributed by atoms with Crippen molar-refractivity contribution in [2.24, 2.45) is 0 Å². The number of hydrogen-bond acceptors (Lipinski definition) is 3. The number of halogens is 14. The van der Waals surface area contributed by atoms with Crippen LogP contribution in [0.15, 0.2) is 97.1 Å². The van der Waals surface area contributed by atoms with Crippen molar-refractivity contribution in [1.82, 2.24) is 0 Å². The summed E-state index contributed by atoms with van der Waals surface area (Å²) in [5.41, 5.74) is -17.5. The zero-order valence-corrected chi connectivity index (χ0v) is 25.3. The number of rotatable bonds is 10. The van der Waals surface area contributed by atoms with Crippen LogP contribution in [0.1, 0.15) is 43.0 Å². The molecule has 260 valence electrons. The molecule has 17 heteroatoms. The Balaban J connectivity index is 1.64. The minimum Gasteiger partial charge on any atom is -0.457 e. The van der Waals surface area contributed by atoms with Crippen LogP contribution in [-0.2, 0) is 23.2 Å². The molecule has 2 unspecified atom stereocenters. The van der Waals surface area contributed by atoms with Gasteiger partial charge in [0.2, 0.25) is 0 Å². The fraction of sp³-hybridized carbons (Fsp3) is 0.188. The highest BCUT2D eigenvalue weighted by molar-refractivity contribution is 6.68. The topological polar surface area (TPSA) is 43.4 Å². The third-order valence-electron chi connectivity index (χ3n) is 7.34. The zero-order valence-electron chi connectivity index (χ0n) is 23.8. The van der Waals surface area contributed by atoms with Crippen LogP contribution in [0.4, 0.5) is 52.7 Å². The average molecular weight is 747 g/mol. The molecule has 0 fully saturated rings. The Bertz CT molecular complexity index is 1690. The molecule has 0 heterocycles. The molecule has 0 spiro atoms. The van der Waals surface area contributed by atoms with Gasteiger partial charge in [-0.3, -0.25) is 9.59 Å². The summed E-state index contributed by atoms with van der Waals surface area (Å²) in [6.07, 6.45) is -12.4. The van der Waals surface area contributed by atoms with Gasteiger partial charge in [0.25, 0.3) is 21.8 Å². The summed E-state index contributed by atoms with van der Waals surface area (Å²) in [7, 11) is 0. The van der Waals surface area contributed by atoms with Crippen LogP contribution in [-0.4, -0.2) is 22.8 Å². The first-order valence-electron chi connectivity index (χ1n) is 13.2. The van der Waals surface area contributed by atoms with Crippen LogP contribution in [0, 0.1) is 0 Å². The van der Waals surface area contributed by atoms with Gasteiger partial charge < -0.3 is 4.74 Å². The molecular formula is C32H16Cl2F12O3. The molecule has 3 nitrogen and oxygen atoms in total. The minimum absolute atomic E-state index is 0.293. The van der Waals surface area contributed by atoms with E-state index in [0.29, 0.717) is 97.1 Å². The molecule has 0 saturated heterocycles. The number of benzene rings is 4. The summed E-state index contributed by atoms with van der Waals surface area (Å²) < 4.78 is 181. The fourth-order valence-electron chi connectivity index (χ4n) is 4.71. The first kappa shape index (κ1) is 37.6. The van der Waals surface area contributed by atoms with Gasteiger partial charge in [0, 0.05) is 33.4 Å². The van der Waals surface area contributed by atoms with Crippen LogP contribution < -0.4 is 4.74 Å². The van der Waals surface area contributed by atoms with Crippen molar-refractivity contribution < 1.29 is 67.0 Å². The zero-order chi connectivity index (χ0) is 36.8. The Morgan fingerprint density at radius 2 is 0.653 bits per heavy atom. The molecule has 0 aromatic heterocycles. The predicted molar refractivity (Wildman–Crippen MR) is 152 cm³/mol. The second-order valence-electron chi connectivity index (χ2n) is 10.3. The SMILES string of the molecule is O=C(Cl)c1ccc(C(F)(F)C(F)(c2ccc(Oc3ccc(C(F)(C(F)(F)F)C(F)(F)c4ccc(C(=O)Cl)cc4)cc3)cc2)C(F)(F)F)cc1. The summed E-state index contributed by atoms with van der Waals surface area (Å²) in [5.74, 6) is -11.5. The van der Waals surface area contributed by atoms with E-state index < -0.39 is 79.8 Å². The predicted octanol–water partition coefficient (Wildman–Crippen LogP) is 11.3. The van der Waals surface area contributed by atoms with Crippen molar-refractivity contribution in [3.05, 3.63) is 130 Å². The first-order chi connectivity index (χ1) is 22.5. The van der Waals surface area contributed by atoms with E-state index >= 15 is 26.3 Å². The van der Waals surface area contributed by atoms with Crippen LogP contribution >= 0.6 is 23.2 Å². The minimum atomic E-state index is -6.21. The van der Waals surface area contributed by atoms with E-state index in [0.717, 1.165) is 0 Å². The Kier molecular flexibility index (Phi) is 9.89. The number of carbonyl (C=O) groups excluding carboxylic acids is 2. The van der Waals surface area contributed by atoms with Gasteiger partial charge in [-0.1, -0.05) is 48.5 Å². The summed E-state index contributed by atoms with van der Waals surface area (Å²) in [4.78, 5) is 22.4. The molecule has 0 radical (unpaired) electrons. The van der Waals surface area contributed by atoms with Crippen LogP contribution in [0.2, 0.25) is 0 Å². The van der Waals surface area contributed by atoms with E-state index in [9.17, 15) is 35.9 Å². The molecule has 4 rings (SSSR count). The van der Waals surface area contributed by atoms with Gasteiger partial charge >= 0.3 is 24.2 Å². The van der Waals surface area contributed by atoms with Gasteiger partial charge in [0.15, 0.2) is 0 Å². The molecule has 0 aliphatic rings. The van der Waals surface area contributed by atoms with Crippen molar-refractivity contribution in [1.29, 1.82) is 0 Å². The van der Waals surface area contributed by atoms with Crippen LogP contribution in [0.3, 0.4) is 0 Å². The quantitative estimate of drug-likeness (QED) is 0.120. The van der Waals surface area contributed by atoms with Gasteiger partial charge in [0.05, 0.1) is 0 Å². The van der Waals surface area contributed by atoms with Gasteiger partial charge in [0.1, 0.15) is 11.5 Å². The third kappa shape index (κ3) is 6.57. The third-order valence-corrected chi connectivity index (χ3v) is 7.77. The molecule has 0 N–H and O–H groups in total. The van der Waals surface area contributed by atoms with Crippen molar-refractivity contribution in [3.8, 4) is 11.5 Å². The summed E-state index contributed by atoms with van der Waals surface area (Å²) in [5, 5.41) is -2.23. The van der Waals surface area contributed by atoms with Gasteiger partial charge in [-0.05, 0) is 71.7 Å². The molecule has 0 aliphatic heterocycles. The van der Waals surface area contributed by atoms with E-state index in [1.54, 1.807) is 0 Å². The maximum atomic E-state index is 15.6. The Morgan fingerprint density at radius 3 is 0.878 bits per heavy atom. The summed E-state index contributed by atoms with van der Waals surface area (Å²) >= 11 is 10.4. The van der Waals surface area contributed by atoms with E-state index in [1.165, 1.54) is 0 Å². The standard InChI is InChI=1S/C32H16Cl2F12O3/c33-25(47)17-1-5-21(6-2-17)29(37,38)27(35,31(41,42)43)19-9-13-23(14-10-19)49-24-15-11-20(12-16-24)28(36,32(44,45)46)30(39,40)22-7-3-18(4-8-22)26(34)48/h1-16H. The lowest BCUT2D eigenvalue weighted by Crippen LogP contribution is -2.51. The van der Waals surface area contributed by atoms with E-state index in [1.807, 2.05) is 0 Å². The van der Waals surface area contributed by atoms with Crippen LogP contribution in [0.25, 0.3) is 0 Å². The molecule has 0 bridgehead atoms. The Morgan fingerprint density at radius 1 is 0.408 bits per heavy atom. The maximum absolute atomic E-state index is 15.6. The molecule has 0 amide bonds. The Hall–Kier alpha value is -4.24. The Labute approximate surface area is 278 Å². The average Bonchev–Trinajstić information content (AvgIpc) is 3.03. The molecule has 4 aromatic carbocycles. The molecular weight excluding hydrogens is 731 g/mol. The number of alkyl halides is 12. The lowest BCUT2D eigenvalue weighted by Gasteiger charge is -2.35. The van der Waals surface area contributed by atoms with Crippen molar-refractivity contribution in [2.75, 3.05) is 0 Å². The second kappa shape index (κ2) is 12.9. The van der Waals surface area contributed by atoms with Crippen molar-refractivity contribution in [2.45, 2.75) is 35.5 Å². The molecule has 4 aromatic rings. The maximum Gasteiger partial charge on any atom is 0.433 e. The van der Waals surface area contributed by atoms with Gasteiger partial charge in [-0.2, -0.15) is 43.9 Å². The highest BCUT2D eigenvalue weighted by Crippen LogP contribution is 2.58. The lowest BCUT2D eigenvalue weighted by atomic mass is 9.84. The van der Waals surface area contributed by atoms with E-state index in [-0.39, 0.29) is 11.1 Å². The van der Waals surface area contributed by atoms with Gasteiger partial charge in [-0.15, -0.1) is 0 Å². The second-order valence-corrected chi connectivity index (χ2v) is 11.0. The lowest BCUT2D eigenvalue weighted by molar-refractivity contribution is -0.315. The number of ether oxygens (including phenoxy) is 1. The fourth-order valence-corrected chi connectivity index (χ4v) is 4.96. The number of carbonyl (C=O) groups is 2. The van der Waals surface area contributed by atoms with Gasteiger partial charge in [-0.25, -0.2) is 8.78 Å². The molecule has 0 saturated carbocycles. The molecule has 49 heavy (non-hydrogen) atoms. The number of hydrogen-bond donors (Lipinski definition) is 0. The highest BCUT2D eigenvalue weighted by Gasteiger charge is 2.73. The first-order valence-corrected chi connectivity index (χ1v) is 14.0. The highest BCUT2D eigenvalue weighted by atomic mass is 35.5. The largest absolute Gasteiger partial charge is 0.457 e. The monoisotopic (exact) mass is 746 g/mol. The normalized spacial score (nSPS) is 15.2. The smallest absolute Gasteiger partial charge is 0.433 e. The van der Waals surface area contributed by atoms with Crippen LogP contribution in [0.5, 0.6) is 11.5 Å². The molecule has 2 atom stereocenters. The van der Waals surface area contributed by atoms with E-state index in [2.05, 4.69) is 0 Å². The molecule has 0 aliphatic carbocycles. The summed E-state index contributed by atoms with van der Waals surface area (Å²) in [6.45, 7) is 0. The van der Waals surface area contributed by atoms with Crippen molar-refractivity contribution >= 4 is 33.7 Å². The van der Waals surface area contributed by atoms with E-state index in [4.69, 9.17) is 27.9 Å². The summed E-state index contributed by atoms with van der Waals surface area (Å²) in [6, 6.07) is 7.81.